The Morgan fingerprint density at radius 1 is 1.27 bits per heavy atom. The summed E-state index contributed by atoms with van der Waals surface area (Å²) < 4.78 is 11.1. The minimum Gasteiger partial charge on any atom is -0.497 e. The molecule has 0 radical (unpaired) electrons. The lowest BCUT2D eigenvalue weighted by molar-refractivity contribution is -0.118. The molecule has 1 atom stereocenters. The third-order valence-electron chi connectivity index (χ3n) is 6.80. The number of anilines is 2. The van der Waals surface area contributed by atoms with Gasteiger partial charge in [-0.1, -0.05) is 43.0 Å². The number of rotatable bonds is 8. The van der Waals surface area contributed by atoms with Crippen molar-refractivity contribution >= 4 is 56.9 Å². The Kier molecular flexibility index (Phi) is 8.08. The van der Waals surface area contributed by atoms with Crippen molar-refractivity contribution in [1.29, 1.82) is 5.26 Å². The first-order valence-electron chi connectivity index (χ1n) is 12.6. The van der Waals surface area contributed by atoms with E-state index in [0.717, 1.165) is 10.6 Å². The highest BCUT2D eigenvalue weighted by atomic mass is 32.2. The number of nitrogens with zero attached hydrogens (tertiary/aromatic N) is 4. The summed E-state index contributed by atoms with van der Waals surface area (Å²) >= 11 is 3.97. The van der Waals surface area contributed by atoms with E-state index in [1.165, 1.54) is 41.5 Å². The molecule has 2 aromatic heterocycles. The number of ketones is 1. The first-order chi connectivity index (χ1) is 19.7. The number of Topliss-reactive ketones (excluding diaryl/α,β-unsaturated/α-hetero) is 1. The number of nitriles is 1. The molecule has 3 heterocycles. The topological polar surface area (TPSA) is 143 Å². The average Bonchev–Trinajstić information content (AvgIpc) is 3.63. The van der Waals surface area contributed by atoms with Crippen molar-refractivity contribution < 1.29 is 19.1 Å². The van der Waals surface area contributed by atoms with E-state index in [-0.39, 0.29) is 28.7 Å². The van der Waals surface area contributed by atoms with Crippen LogP contribution in [-0.2, 0) is 9.59 Å². The molecule has 3 N–H and O–H groups in total. The molecule has 1 aromatic carbocycles. The van der Waals surface area contributed by atoms with Crippen LogP contribution in [0.25, 0.3) is 0 Å². The van der Waals surface area contributed by atoms with E-state index in [1.807, 2.05) is 31.4 Å². The van der Waals surface area contributed by atoms with Crippen molar-refractivity contribution in [2.45, 2.75) is 36.9 Å². The number of ether oxygens (including phenoxy) is 2. The van der Waals surface area contributed by atoms with Crippen LogP contribution >= 0.6 is 34.4 Å². The Balaban J connectivity index is 1.41. The smallest absolute Gasteiger partial charge is 0.234 e. The summed E-state index contributed by atoms with van der Waals surface area (Å²) in [6.45, 7) is 4.09. The van der Waals surface area contributed by atoms with Crippen molar-refractivity contribution in [3.8, 4) is 17.6 Å². The van der Waals surface area contributed by atoms with Crippen molar-refractivity contribution in [3.63, 3.8) is 0 Å². The summed E-state index contributed by atoms with van der Waals surface area (Å²) in [5, 5.41) is 24.0. The summed E-state index contributed by atoms with van der Waals surface area (Å²) in [7, 11) is 3.07. The zero-order valence-electron chi connectivity index (χ0n) is 22.9. The number of carbonyl (C=O) groups excluding carboxylic acids is 2. The molecule has 41 heavy (non-hydrogen) atoms. The number of allylic oxidation sites excluding steroid dienone is 3. The monoisotopic (exact) mass is 608 g/mol. The Hall–Kier alpha value is -3.86. The van der Waals surface area contributed by atoms with E-state index in [4.69, 9.17) is 15.2 Å². The molecule has 0 bridgehead atoms. The normalized spacial score (nSPS) is 18.2. The Labute approximate surface area is 249 Å². The van der Waals surface area contributed by atoms with Gasteiger partial charge in [0, 0.05) is 28.6 Å². The lowest BCUT2D eigenvalue weighted by Crippen LogP contribution is -2.42. The van der Waals surface area contributed by atoms with Crippen molar-refractivity contribution in [1.82, 2.24) is 10.2 Å². The van der Waals surface area contributed by atoms with Gasteiger partial charge < -0.3 is 20.5 Å². The van der Waals surface area contributed by atoms with Gasteiger partial charge in [-0.05, 0) is 35.4 Å². The Morgan fingerprint density at radius 2 is 2.07 bits per heavy atom. The van der Waals surface area contributed by atoms with E-state index in [0.29, 0.717) is 50.6 Å². The van der Waals surface area contributed by atoms with Gasteiger partial charge in [-0.2, -0.15) is 5.26 Å². The second kappa shape index (κ2) is 11.6. The van der Waals surface area contributed by atoms with Gasteiger partial charge in [0.2, 0.25) is 11.0 Å². The number of hydrogen-bond donors (Lipinski definition) is 2. The van der Waals surface area contributed by atoms with Crippen LogP contribution in [0.2, 0.25) is 0 Å². The van der Waals surface area contributed by atoms with Crippen molar-refractivity contribution in [2.24, 2.45) is 11.1 Å². The molecule has 3 aromatic rings. The number of nitrogens with one attached hydrogen (secondary N) is 1. The first kappa shape index (κ1) is 28.7. The molecule has 212 valence electrons. The highest BCUT2D eigenvalue weighted by molar-refractivity contribution is 8.01. The highest BCUT2D eigenvalue weighted by Gasteiger charge is 2.45. The SMILES string of the molecule is COc1ccc(OC)c(NC(=O)CSc2nnc(N3C(N)=C(C#N)C(c4cccs4)C4=C3CC(C)(C)CC4=O)s2)c1. The zero-order valence-corrected chi connectivity index (χ0v) is 25.3. The molecule has 0 saturated heterocycles. The maximum Gasteiger partial charge on any atom is 0.234 e. The van der Waals surface area contributed by atoms with Crippen molar-refractivity contribution in [2.75, 3.05) is 30.2 Å². The first-order valence-corrected chi connectivity index (χ1v) is 15.3. The van der Waals surface area contributed by atoms with Gasteiger partial charge in [-0.25, -0.2) is 0 Å². The third-order valence-corrected chi connectivity index (χ3v) is 9.78. The molecular formula is C28H28N6O4S3. The molecule has 10 nitrogen and oxygen atoms in total. The van der Waals surface area contributed by atoms with Crippen LogP contribution in [0, 0.1) is 16.7 Å². The molecule has 1 amide bonds. The van der Waals surface area contributed by atoms with Gasteiger partial charge in [0.15, 0.2) is 10.1 Å². The minimum absolute atomic E-state index is 0.00338. The second-order valence-electron chi connectivity index (χ2n) is 10.2. The summed E-state index contributed by atoms with van der Waals surface area (Å²) in [6.07, 6.45) is 0.965. The summed E-state index contributed by atoms with van der Waals surface area (Å²) in [4.78, 5) is 28.9. The van der Waals surface area contributed by atoms with Crippen LogP contribution in [0.3, 0.4) is 0 Å². The fourth-order valence-electron chi connectivity index (χ4n) is 5.04. The predicted molar refractivity (Wildman–Crippen MR) is 160 cm³/mol. The largest absolute Gasteiger partial charge is 0.497 e. The van der Waals surface area contributed by atoms with Crippen LogP contribution in [0.15, 0.2) is 62.7 Å². The lowest BCUT2D eigenvalue weighted by Gasteiger charge is -2.42. The van der Waals surface area contributed by atoms with E-state index in [1.54, 1.807) is 30.2 Å². The fourth-order valence-corrected chi connectivity index (χ4v) is 7.57. The van der Waals surface area contributed by atoms with E-state index in [9.17, 15) is 14.9 Å². The molecule has 0 spiro atoms. The number of thiophene rings is 1. The van der Waals surface area contributed by atoms with E-state index in [2.05, 4.69) is 21.6 Å². The number of hydrogen-bond acceptors (Lipinski definition) is 12. The highest BCUT2D eigenvalue weighted by Crippen LogP contribution is 2.51. The van der Waals surface area contributed by atoms with Crippen LogP contribution in [0.1, 0.15) is 37.5 Å². The predicted octanol–water partition coefficient (Wildman–Crippen LogP) is 5.29. The summed E-state index contributed by atoms with van der Waals surface area (Å²) in [6, 6.07) is 11.2. The number of benzene rings is 1. The number of amides is 1. The van der Waals surface area contributed by atoms with Gasteiger partial charge in [-0.15, -0.1) is 21.5 Å². The molecule has 0 saturated carbocycles. The number of aromatic nitrogens is 2. The average molecular weight is 609 g/mol. The molecule has 5 rings (SSSR count). The van der Waals surface area contributed by atoms with Gasteiger partial charge in [0.05, 0.1) is 43.2 Å². The molecule has 1 aliphatic carbocycles. The molecular weight excluding hydrogens is 581 g/mol. The van der Waals surface area contributed by atoms with Gasteiger partial charge in [-0.3, -0.25) is 14.5 Å². The zero-order chi connectivity index (χ0) is 29.3. The second-order valence-corrected chi connectivity index (χ2v) is 13.4. The van der Waals surface area contributed by atoms with Crippen LogP contribution in [0.5, 0.6) is 11.5 Å². The molecule has 1 unspecified atom stereocenters. The fraction of sp³-hybridized carbons (Fsp3) is 0.321. The van der Waals surface area contributed by atoms with Gasteiger partial charge >= 0.3 is 0 Å². The van der Waals surface area contributed by atoms with Crippen molar-refractivity contribution in [3.05, 3.63) is 63.3 Å². The number of nitrogens with two attached hydrogens (primary N) is 1. The van der Waals surface area contributed by atoms with Gasteiger partial charge in [0.25, 0.3) is 0 Å². The van der Waals surface area contributed by atoms with Gasteiger partial charge in [0.1, 0.15) is 17.3 Å². The minimum atomic E-state index is -0.506. The molecule has 13 heteroatoms. The van der Waals surface area contributed by atoms with E-state index < -0.39 is 5.92 Å². The Morgan fingerprint density at radius 3 is 2.76 bits per heavy atom. The molecule has 1 aliphatic heterocycles. The Bertz CT molecular complexity index is 1600. The lowest BCUT2D eigenvalue weighted by atomic mass is 9.70. The maximum atomic E-state index is 13.6. The quantitative estimate of drug-likeness (QED) is 0.324. The van der Waals surface area contributed by atoms with Crippen LogP contribution < -0.4 is 25.4 Å². The standard InChI is InChI=1S/C28H28N6O4S3/c1-28(2)11-18-24(19(35)12-28)23(21-6-5-9-39-21)16(13-29)25(30)34(18)26-32-33-27(41-26)40-14-22(36)31-17-10-15(37-3)7-8-20(17)38-4/h5-10,23H,11-12,14,30H2,1-4H3,(H,31,36). The summed E-state index contributed by atoms with van der Waals surface area (Å²) in [5.41, 5.74) is 8.52. The van der Waals surface area contributed by atoms with E-state index >= 15 is 0 Å². The number of carbonyl (C=O) groups is 2. The molecule has 2 aliphatic rings. The third kappa shape index (κ3) is 5.68. The van der Waals surface area contributed by atoms with Crippen LogP contribution in [0.4, 0.5) is 10.8 Å². The maximum absolute atomic E-state index is 13.6. The summed E-state index contributed by atoms with van der Waals surface area (Å²) in [5.74, 6) is 0.654. The molecule has 0 fully saturated rings. The number of methoxy groups -OCH3 is 2. The number of thioether (sulfide) groups is 1. The van der Waals surface area contributed by atoms with Crippen LogP contribution in [-0.4, -0.2) is 41.9 Å².